The van der Waals surface area contributed by atoms with Gasteiger partial charge in [0, 0.05) is 12.7 Å². The summed E-state index contributed by atoms with van der Waals surface area (Å²) in [6.45, 7) is 2.75. The Hall–Kier alpha value is -2.20. The standard InChI is InChI=1S/C16H17N3O/c1-11-5-4-9-18-15(11)19-16(20)14-13-7-3-2-6-12(13)8-10-17-14/h2-7,9,14,17H,8,10H2,1H3,(H,18,19,20). The van der Waals surface area contributed by atoms with Crippen LogP contribution in [-0.2, 0) is 11.2 Å². The molecule has 2 N–H and O–H groups in total. The van der Waals surface area contributed by atoms with Gasteiger partial charge in [-0.15, -0.1) is 0 Å². The topological polar surface area (TPSA) is 54.0 Å². The van der Waals surface area contributed by atoms with E-state index in [1.54, 1.807) is 6.20 Å². The van der Waals surface area contributed by atoms with Crippen LogP contribution in [0.15, 0.2) is 42.6 Å². The maximum absolute atomic E-state index is 12.5. The van der Waals surface area contributed by atoms with Gasteiger partial charge in [-0.25, -0.2) is 4.98 Å². The Balaban J connectivity index is 1.84. The molecule has 1 aliphatic rings. The second-order valence-corrected chi connectivity index (χ2v) is 4.99. The molecular formula is C16H17N3O. The first kappa shape index (κ1) is 12.8. The summed E-state index contributed by atoms with van der Waals surface area (Å²) in [5, 5.41) is 6.18. The van der Waals surface area contributed by atoms with E-state index >= 15 is 0 Å². The van der Waals surface area contributed by atoms with Crippen molar-refractivity contribution in [2.75, 3.05) is 11.9 Å². The van der Waals surface area contributed by atoms with Gasteiger partial charge in [-0.2, -0.15) is 0 Å². The molecule has 1 atom stereocenters. The van der Waals surface area contributed by atoms with Crippen LogP contribution in [0.4, 0.5) is 5.82 Å². The molecule has 4 nitrogen and oxygen atoms in total. The fourth-order valence-corrected chi connectivity index (χ4v) is 2.54. The third kappa shape index (κ3) is 2.42. The minimum absolute atomic E-state index is 0.0565. The number of anilines is 1. The molecule has 20 heavy (non-hydrogen) atoms. The van der Waals surface area contributed by atoms with E-state index in [0.717, 1.165) is 24.1 Å². The molecule has 4 heteroatoms. The average molecular weight is 267 g/mol. The van der Waals surface area contributed by atoms with Gasteiger partial charge in [0.2, 0.25) is 5.91 Å². The van der Waals surface area contributed by atoms with Crippen LogP contribution in [0.1, 0.15) is 22.7 Å². The highest BCUT2D eigenvalue weighted by Crippen LogP contribution is 2.24. The molecule has 1 unspecified atom stereocenters. The highest BCUT2D eigenvalue weighted by Gasteiger charge is 2.26. The normalized spacial score (nSPS) is 17.4. The van der Waals surface area contributed by atoms with Gasteiger partial charge in [-0.05, 0) is 36.1 Å². The number of fused-ring (bicyclic) bond motifs is 1. The number of carbonyl (C=O) groups is 1. The predicted octanol–water partition coefficient (Wildman–Crippen LogP) is 2.22. The Morgan fingerprint density at radius 1 is 1.30 bits per heavy atom. The molecule has 0 fully saturated rings. The van der Waals surface area contributed by atoms with Crippen LogP contribution in [0.5, 0.6) is 0 Å². The number of amides is 1. The monoisotopic (exact) mass is 267 g/mol. The Morgan fingerprint density at radius 2 is 2.15 bits per heavy atom. The quantitative estimate of drug-likeness (QED) is 0.877. The fraction of sp³-hybridized carbons (Fsp3) is 0.250. The van der Waals surface area contributed by atoms with Crippen LogP contribution in [0.25, 0.3) is 0 Å². The molecule has 2 aromatic rings. The summed E-state index contributed by atoms with van der Waals surface area (Å²) in [6, 6.07) is 11.6. The SMILES string of the molecule is Cc1cccnc1NC(=O)C1NCCc2ccccc21. The maximum atomic E-state index is 12.5. The Labute approximate surface area is 118 Å². The third-order valence-electron chi connectivity index (χ3n) is 3.62. The van der Waals surface area contributed by atoms with Crippen LogP contribution in [-0.4, -0.2) is 17.4 Å². The van der Waals surface area contributed by atoms with Crippen molar-refractivity contribution < 1.29 is 4.79 Å². The Kier molecular flexibility index (Phi) is 3.48. The molecule has 0 bridgehead atoms. The van der Waals surface area contributed by atoms with E-state index in [9.17, 15) is 4.79 Å². The molecular weight excluding hydrogens is 250 g/mol. The van der Waals surface area contributed by atoms with Crippen LogP contribution < -0.4 is 10.6 Å². The van der Waals surface area contributed by atoms with Crippen molar-refractivity contribution in [3.8, 4) is 0 Å². The molecule has 0 saturated heterocycles. The number of rotatable bonds is 2. The van der Waals surface area contributed by atoms with Crippen LogP contribution >= 0.6 is 0 Å². The van der Waals surface area contributed by atoms with E-state index in [1.807, 2.05) is 37.3 Å². The van der Waals surface area contributed by atoms with Gasteiger partial charge in [-0.3, -0.25) is 4.79 Å². The highest BCUT2D eigenvalue weighted by atomic mass is 16.2. The minimum atomic E-state index is -0.304. The number of hydrogen-bond acceptors (Lipinski definition) is 3. The molecule has 102 valence electrons. The van der Waals surface area contributed by atoms with Crippen molar-refractivity contribution in [2.24, 2.45) is 0 Å². The fourth-order valence-electron chi connectivity index (χ4n) is 2.54. The third-order valence-corrected chi connectivity index (χ3v) is 3.62. The van der Waals surface area contributed by atoms with Gasteiger partial charge >= 0.3 is 0 Å². The van der Waals surface area contributed by atoms with Crippen LogP contribution in [0.3, 0.4) is 0 Å². The molecule has 0 saturated carbocycles. The van der Waals surface area contributed by atoms with Crippen molar-refractivity contribution in [3.63, 3.8) is 0 Å². The maximum Gasteiger partial charge on any atom is 0.247 e. The number of aromatic nitrogens is 1. The smallest absolute Gasteiger partial charge is 0.247 e. The first-order chi connectivity index (χ1) is 9.75. The number of hydrogen-bond donors (Lipinski definition) is 2. The molecule has 2 heterocycles. The van der Waals surface area contributed by atoms with E-state index < -0.39 is 0 Å². The lowest BCUT2D eigenvalue weighted by Crippen LogP contribution is -2.38. The molecule has 3 rings (SSSR count). The average Bonchev–Trinajstić information content (AvgIpc) is 2.49. The lowest BCUT2D eigenvalue weighted by molar-refractivity contribution is -0.118. The Morgan fingerprint density at radius 3 is 3.00 bits per heavy atom. The summed E-state index contributed by atoms with van der Waals surface area (Å²) in [7, 11) is 0. The highest BCUT2D eigenvalue weighted by molar-refractivity contribution is 5.95. The number of benzene rings is 1. The predicted molar refractivity (Wildman–Crippen MR) is 78.5 cm³/mol. The largest absolute Gasteiger partial charge is 0.309 e. The zero-order valence-electron chi connectivity index (χ0n) is 11.4. The van der Waals surface area contributed by atoms with E-state index in [4.69, 9.17) is 0 Å². The van der Waals surface area contributed by atoms with Crippen molar-refractivity contribution >= 4 is 11.7 Å². The second-order valence-electron chi connectivity index (χ2n) is 4.99. The summed E-state index contributed by atoms with van der Waals surface area (Å²) >= 11 is 0. The summed E-state index contributed by atoms with van der Waals surface area (Å²) in [5.74, 6) is 0.571. The second kappa shape index (κ2) is 5.43. The minimum Gasteiger partial charge on any atom is -0.309 e. The van der Waals surface area contributed by atoms with Gasteiger partial charge in [0.25, 0.3) is 0 Å². The molecule has 1 aromatic carbocycles. The summed E-state index contributed by atoms with van der Waals surface area (Å²) in [5.41, 5.74) is 3.26. The van der Waals surface area contributed by atoms with Crippen molar-refractivity contribution in [3.05, 3.63) is 59.3 Å². The van der Waals surface area contributed by atoms with Gasteiger partial charge in [0.1, 0.15) is 11.9 Å². The molecule has 0 spiro atoms. The molecule has 0 radical (unpaired) electrons. The zero-order chi connectivity index (χ0) is 13.9. The van der Waals surface area contributed by atoms with Gasteiger partial charge in [-0.1, -0.05) is 30.3 Å². The van der Waals surface area contributed by atoms with E-state index in [1.165, 1.54) is 5.56 Å². The molecule has 0 aliphatic carbocycles. The molecule has 1 aliphatic heterocycles. The summed E-state index contributed by atoms with van der Waals surface area (Å²) in [6.07, 6.45) is 2.65. The van der Waals surface area contributed by atoms with Gasteiger partial charge < -0.3 is 10.6 Å². The van der Waals surface area contributed by atoms with E-state index in [2.05, 4.69) is 21.7 Å². The number of aryl methyl sites for hydroxylation is 1. The van der Waals surface area contributed by atoms with Crippen LogP contribution in [0.2, 0.25) is 0 Å². The molecule has 1 aromatic heterocycles. The summed E-state index contributed by atoms with van der Waals surface area (Å²) in [4.78, 5) is 16.7. The summed E-state index contributed by atoms with van der Waals surface area (Å²) < 4.78 is 0. The first-order valence-corrected chi connectivity index (χ1v) is 6.79. The molecule has 1 amide bonds. The lowest BCUT2D eigenvalue weighted by Gasteiger charge is -2.26. The van der Waals surface area contributed by atoms with Gasteiger partial charge in [0.05, 0.1) is 0 Å². The van der Waals surface area contributed by atoms with Crippen LogP contribution in [0, 0.1) is 6.92 Å². The first-order valence-electron chi connectivity index (χ1n) is 6.79. The number of nitrogens with zero attached hydrogens (tertiary/aromatic N) is 1. The Bertz CT molecular complexity index is 639. The van der Waals surface area contributed by atoms with Gasteiger partial charge in [0.15, 0.2) is 0 Å². The zero-order valence-corrected chi connectivity index (χ0v) is 11.4. The van der Waals surface area contributed by atoms with E-state index in [0.29, 0.717) is 5.82 Å². The van der Waals surface area contributed by atoms with Crippen molar-refractivity contribution in [2.45, 2.75) is 19.4 Å². The lowest BCUT2D eigenvalue weighted by atomic mass is 9.94. The van der Waals surface area contributed by atoms with Crippen molar-refractivity contribution in [1.82, 2.24) is 10.3 Å². The number of carbonyl (C=O) groups excluding carboxylic acids is 1. The number of pyridine rings is 1. The van der Waals surface area contributed by atoms with E-state index in [-0.39, 0.29) is 11.9 Å². The number of nitrogens with one attached hydrogen (secondary N) is 2. The van der Waals surface area contributed by atoms with Crippen molar-refractivity contribution in [1.29, 1.82) is 0 Å².